The fourth-order valence-corrected chi connectivity index (χ4v) is 3.59. The van der Waals surface area contributed by atoms with E-state index in [9.17, 15) is 19.5 Å². The minimum absolute atomic E-state index is 0.189. The Balaban J connectivity index is 2.04. The van der Waals surface area contributed by atoms with Crippen LogP contribution in [0, 0.1) is 0 Å². The second kappa shape index (κ2) is 11.1. The molecule has 0 bridgehead atoms. The summed E-state index contributed by atoms with van der Waals surface area (Å²) < 4.78 is 6.14. The number of nitrogens with zero attached hydrogens (tertiary/aromatic N) is 2. The Labute approximate surface area is 197 Å². The van der Waals surface area contributed by atoms with Gasteiger partial charge in [-0.25, -0.2) is 9.48 Å². The number of aliphatic carboxylic acids is 1. The Morgan fingerprint density at radius 1 is 1.15 bits per heavy atom. The van der Waals surface area contributed by atoms with Crippen molar-refractivity contribution in [2.24, 2.45) is 4.99 Å². The molecule has 1 amide bonds. The van der Waals surface area contributed by atoms with Crippen molar-refractivity contribution in [1.29, 1.82) is 0 Å². The maximum atomic E-state index is 13.3. The standard InChI is InChI=1S/C25H28N4O5/c1-4-16-9-7-8-10-21(16)26-15-20-22(19(5-2)24(31)32)28-29(23(20)30)18-13-11-17(12-14-18)27-25(33)34-6-3/h7-15,19,28H,4-6H2,1-3H3,(H,27,33)(H,31,32). The summed E-state index contributed by atoms with van der Waals surface area (Å²) >= 11 is 0. The van der Waals surface area contributed by atoms with E-state index in [1.807, 2.05) is 31.2 Å². The summed E-state index contributed by atoms with van der Waals surface area (Å²) in [5, 5.41) is 15.3. The smallest absolute Gasteiger partial charge is 0.411 e. The molecule has 0 saturated heterocycles. The topological polar surface area (TPSA) is 126 Å². The van der Waals surface area contributed by atoms with Crippen LogP contribution in [0.5, 0.6) is 0 Å². The number of aromatic amines is 1. The molecule has 9 heteroatoms. The lowest BCUT2D eigenvalue weighted by Crippen LogP contribution is -2.18. The van der Waals surface area contributed by atoms with Gasteiger partial charge in [-0.3, -0.25) is 25.0 Å². The van der Waals surface area contributed by atoms with Crippen LogP contribution in [-0.4, -0.2) is 39.8 Å². The molecule has 1 unspecified atom stereocenters. The summed E-state index contributed by atoms with van der Waals surface area (Å²) in [6, 6.07) is 14.1. The highest BCUT2D eigenvalue weighted by Crippen LogP contribution is 2.23. The number of amides is 1. The van der Waals surface area contributed by atoms with Gasteiger partial charge < -0.3 is 9.84 Å². The molecule has 0 aliphatic heterocycles. The molecule has 3 N–H and O–H groups in total. The number of hydrogen-bond acceptors (Lipinski definition) is 5. The number of carbonyl (C=O) groups is 2. The van der Waals surface area contributed by atoms with Crippen LogP contribution in [-0.2, 0) is 16.0 Å². The van der Waals surface area contributed by atoms with Crippen LogP contribution < -0.4 is 10.9 Å². The molecule has 3 aromatic rings. The molecule has 0 radical (unpaired) electrons. The summed E-state index contributed by atoms with van der Waals surface area (Å²) in [4.78, 5) is 41.3. The van der Waals surface area contributed by atoms with Crippen LogP contribution in [0.15, 0.2) is 58.3 Å². The molecule has 9 nitrogen and oxygen atoms in total. The highest BCUT2D eigenvalue weighted by molar-refractivity contribution is 5.87. The van der Waals surface area contributed by atoms with Gasteiger partial charge in [0.15, 0.2) is 0 Å². The second-order valence-corrected chi connectivity index (χ2v) is 7.51. The van der Waals surface area contributed by atoms with Gasteiger partial charge in [0, 0.05) is 11.9 Å². The summed E-state index contributed by atoms with van der Waals surface area (Å²) in [7, 11) is 0. The average Bonchev–Trinajstić information content (AvgIpc) is 3.14. The quantitative estimate of drug-likeness (QED) is 0.398. The zero-order valence-electron chi connectivity index (χ0n) is 19.4. The first kappa shape index (κ1) is 24.5. The van der Waals surface area contributed by atoms with Crippen molar-refractivity contribution in [2.75, 3.05) is 11.9 Å². The third-order valence-corrected chi connectivity index (χ3v) is 5.36. The Kier molecular flexibility index (Phi) is 8.02. The average molecular weight is 465 g/mol. The molecular weight excluding hydrogens is 436 g/mol. The van der Waals surface area contributed by atoms with E-state index in [0.717, 1.165) is 17.7 Å². The number of H-pyrrole nitrogens is 1. The second-order valence-electron chi connectivity index (χ2n) is 7.51. The molecule has 0 aliphatic carbocycles. The van der Waals surface area contributed by atoms with Crippen LogP contribution in [0.3, 0.4) is 0 Å². The molecule has 1 atom stereocenters. The minimum atomic E-state index is -1.03. The summed E-state index contributed by atoms with van der Waals surface area (Å²) in [6.45, 7) is 5.72. The van der Waals surface area contributed by atoms with Crippen LogP contribution >= 0.6 is 0 Å². The monoisotopic (exact) mass is 464 g/mol. The van der Waals surface area contributed by atoms with Crippen LogP contribution in [0.2, 0.25) is 0 Å². The summed E-state index contributed by atoms with van der Waals surface area (Å²) in [5.41, 5.74) is 2.78. The number of ether oxygens (including phenoxy) is 1. The number of aromatic nitrogens is 2. The third-order valence-electron chi connectivity index (χ3n) is 5.36. The van der Waals surface area contributed by atoms with E-state index in [1.54, 1.807) is 38.1 Å². The van der Waals surface area contributed by atoms with Crippen molar-refractivity contribution >= 4 is 29.7 Å². The molecule has 3 rings (SSSR count). The molecular formula is C25H28N4O5. The van der Waals surface area contributed by atoms with Crippen molar-refractivity contribution in [3.63, 3.8) is 0 Å². The first-order chi connectivity index (χ1) is 16.4. The Bertz CT molecular complexity index is 1240. The Morgan fingerprint density at radius 3 is 2.47 bits per heavy atom. The first-order valence-electron chi connectivity index (χ1n) is 11.1. The van der Waals surface area contributed by atoms with Gasteiger partial charge >= 0.3 is 12.1 Å². The zero-order chi connectivity index (χ0) is 24.7. The number of anilines is 1. The van der Waals surface area contributed by atoms with E-state index in [0.29, 0.717) is 17.8 Å². The summed E-state index contributed by atoms with van der Waals surface area (Å²) in [5.74, 6) is -1.94. The highest BCUT2D eigenvalue weighted by atomic mass is 16.5. The van der Waals surface area contributed by atoms with E-state index in [1.165, 1.54) is 10.9 Å². The van der Waals surface area contributed by atoms with E-state index in [4.69, 9.17) is 4.74 Å². The molecule has 0 spiro atoms. The minimum Gasteiger partial charge on any atom is -0.481 e. The summed E-state index contributed by atoms with van der Waals surface area (Å²) in [6.07, 6.45) is 1.93. The number of carboxylic acids is 1. The third kappa shape index (κ3) is 5.43. The number of rotatable bonds is 9. The van der Waals surface area contributed by atoms with Crippen molar-refractivity contribution in [1.82, 2.24) is 9.78 Å². The van der Waals surface area contributed by atoms with Crippen molar-refractivity contribution in [2.45, 2.75) is 39.5 Å². The molecule has 0 aliphatic rings. The number of carbonyl (C=O) groups excluding carboxylic acids is 1. The van der Waals surface area contributed by atoms with Gasteiger partial charge in [0.05, 0.1) is 35.2 Å². The fraction of sp³-hybridized carbons (Fsp3) is 0.280. The van der Waals surface area contributed by atoms with Gasteiger partial charge in [-0.05, 0) is 55.7 Å². The Hall–Kier alpha value is -4.14. The van der Waals surface area contributed by atoms with Gasteiger partial charge in [0.25, 0.3) is 5.56 Å². The van der Waals surface area contributed by atoms with Gasteiger partial charge in [0.2, 0.25) is 0 Å². The highest BCUT2D eigenvalue weighted by Gasteiger charge is 2.26. The maximum Gasteiger partial charge on any atom is 0.411 e. The number of aryl methyl sites for hydroxylation is 1. The molecule has 2 aromatic carbocycles. The van der Waals surface area contributed by atoms with E-state index >= 15 is 0 Å². The predicted molar refractivity (Wildman–Crippen MR) is 131 cm³/mol. The molecule has 0 saturated carbocycles. The fourth-order valence-electron chi connectivity index (χ4n) is 3.59. The lowest BCUT2D eigenvalue weighted by atomic mass is 9.99. The van der Waals surface area contributed by atoms with Crippen molar-refractivity contribution < 1.29 is 19.4 Å². The van der Waals surface area contributed by atoms with Gasteiger partial charge in [-0.1, -0.05) is 32.0 Å². The van der Waals surface area contributed by atoms with Gasteiger partial charge in [-0.15, -0.1) is 0 Å². The number of para-hydroxylation sites is 1. The van der Waals surface area contributed by atoms with E-state index in [2.05, 4.69) is 15.4 Å². The van der Waals surface area contributed by atoms with Crippen LogP contribution in [0.1, 0.15) is 49.9 Å². The SMILES string of the molecule is CCOC(=O)Nc1ccc(-n2[nH]c(C(CC)C(=O)O)c(C=Nc3ccccc3CC)c2=O)cc1. The number of carboxylic acid groups (broad SMARTS) is 1. The molecule has 178 valence electrons. The van der Waals surface area contributed by atoms with Crippen LogP contribution in [0.4, 0.5) is 16.2 Å². The lowest BCUT2D eigenvalue weighted by Gasteiger charge is -2.09. The molecule has 1 aromatic heterocycles. The number of nitrogens with one attached hydrogen (secondary N) is 2. The van der Waals surface area contributed by atoms with Crippen molar-refractivity contribution in [3.05, 3.63) is 75.7 Å². The molecule has 0 fully saturated rings. The van der Waals surface area contributed by atoms with E-state index in [-0.39, 0.29) is 17.9 Å². The van der Waals surface area contributed by atoms with E-state index < -0.39 is 23.5 Å². The Morgan fingerprint density at radius 2 is 1.85 bits per heavy atom. The maximum absolute atomic E-state index is 13.3. The number of hydrogen-bond donors (Lipinski definition) is 3. The predicted octanol–water partition coefficient (Wildman–Crippen LogP) is 4.63. The first-order valence-corrected chi connectivity index (χ1v) is 11.1. The van der Waals surface area contributed by atoms with Crippen LogP contribution in [0.25, 0.3) is 5.69 Å². The van der Waals surface area contributed by atoms with Gasteiger partial charge in [0.1, 0.15) is 0 Å². The molecule has 1 heterocycles. The van der Waals surface area contributed by atoms with Crippen molar-refractivity contribution in [3.8, 4) is 5.69 Å². The lowest BCUT2D eigenvalue weighted by molar-refractivity contribution is -0.139. The largest absolute Gasteiger partial charge is 0.481 e. The zero-order valence-corrected chi connectivity index (χ0v) is 19.4. The number of aliphatic imine (C=N–C) groups is 1. The number of benzene rings is 2. The normalized spacial score (nSPS) is 12.0. The van der Waals surface area contributed by atoms with Gasteiger partial charge in [-0.2, -0.15) is 0 Å². The molecule has 34 heavy (non-hydrogen) atoms.